The van der Waals surface area contributed by atoms with Gasteiger partial charge in [-0.2, -0.15) is 0 Å². The Balaban J connectivity index is 1.00. The standard InChI is InChI=1S/C53H32N2O2S/c1-4-14-33(15-5-1)52-54-43(32-44(55-52)35-24-26-39-38-20-11-13-23-48(38)58-49(39)31-35)34-25-28-45-47(30-34)57-51-46(56-45)29-27-42-50(51)40-21-10-12-22-41(40)53(42,36-16-6-2-7-17-36)37-18-8-3-9-19-37/h1-32H. The lowest BCUT2D eigenvalue weighted by atomic mass is 9.68. The maximum absolute atomic E-state index is 7.04. The zero-order chi connectivity index (χ0) is 38.2. The number of ether oxygens (including phenoxy) is 2. The summed E-state index contributed by atoms with van der Waals surface area (Å²) < 4.78 is 16.2. The molecule has 4 nitrogen and oxygen atoms in total. The van der Waals surface area contributed by atoms with Gasteiger partial charge in [0.05, 0.1) is 16.8 Å². The van der Waals surface area contributed by atoms with E-state index in [4.69, 9.17) is 19.4 Å². The number of thiophene rings is 1. The van der Waals surface area contributed by atoms with Crippen LogP contribution in [0, 0.1) is 0 Å². The number of hydrogen-bond acceptors (Lipinski definition) is 5. The molecule has 5 heteroatoms. The summed E-state index contributed by atoms with van der Waals surface area (Å²) in [6.45, 7) is 0. The first-order chi connectivity index (χ1) is 28.7. The first-order valence-corrected chi connectivity index (χ1v) is 20.3. The lowest BCUT2D eigenvalue weighted by Gasteiger charge is -2.34. The van der Waals surface area contributed by atoms with Crippen molar-refractivity contribution in [2.45, 2.75) is 5.41 Å². The van der Waals surface area contributed by atoms with Gasteiger partial charge in [-0.3, -0.25) is 0 Å². The lowest BCUT2D eigenvalue weighted by Crippen LogP contribution is -2.28. The van der Waals surface area contributed by atoms with Gasteiger partial charge in [-0.1, -0.05) is 152 Å². The van der Waals surface area contributed by atoms with Gasteiger partial charge in [0.2, 0.25) is 0 Å². The van der Waals surface area contributed by atoms with Crippen LogP contribution in [0.15, 0.2) is 194 Å². The third kappa shape index (κ3) is 4.93. The molecule has 0 saturated heterocycles. The Morgan fingerprint density at radius 2 is 1.03 bits per heavy atom. The molecule has 1 aliphatic heterocycles. The maximum Gasteiger partial charge on any atom is 0.178 e. The smallest absolute Gasteiger partial charge is 0.178 e. The minimum atomic E-state index is -0.543. The molecule has 0 bridgehead atoms. The molecule has 0 fully saturated rings. The van der Waals surface area contributed by atoms with Gasteiger partial charge in [0.25, 0.3) is 0 Å². The van der Waals surface area contributed by atoms with E-state index in [9.17, 15) is 0 Å². The molecule has 0 N–H and O–H groups in total. The molecule has 8 aromatic carbocycles. The van der Waals surface area contributed by atoms with Crippen molar-refractivity contribution < 1.29 is 9.47 Å². The van der Waals surface area contributed by atoms with E-state index in [2.05, 4.69) is 170 Å². The van der Waals surface area contributed by atoms with Gasteiger partial charge in [-0.15, -0.1) is 11.3 Å². The van der Waals surface area contributed by atoms with Gasteiger partial charge in [0.1, 0.15) is 0 Å². The van der Waals surface area contributed by atoms with E-state index in [0.717, 1.165) is 44.8 Å². The third-order valence-electron chi connectivity index (χ3n) is 11.6. The lowest BCUT2D eigenvalue weighted by molar-refractivity contribution is 0.360. The molecule has 2 aliphatic rings. The van der Waals surface area contributed by atoms with E-state index in [1.165, 1.54) is 36.9 Å². The second kappa shape index (κ2) is 12.8. The molecule has 3 heterocycles. The van der Waals surface area contributed by atoms with Gasteiger partial charge in [0, 0.05) is 42.4 Å². The Bertz CT molecular complexity index is 3190. The summed E-state index contributed by atoms with van der Waals surface area (Å²) >= 11 is 1.81. The highest BCUT2D eigenvalue weighted by molar-refractivity contribution is 7.25. The molecule has 2 aromatic heterocycles. The molecule has 0 atom stereocenters. The summed E-state index contributed by atoms with van der Waals surface area (Å²) in [5.41, 5.74) is 11.0. The van der Waals surface area contributed by atoms with Crippen molar-refractivity contribution in [1.82, 2.24) is 9.97 Å². The Kier molecular flexibility index (Phi) is 7.28. The zero-order valence-corrected chi connectivity index (χ0v) is 31.9. The Morgan fingerprint density at radius 1 is 0.414 bits per heavy atom. The van der Waals surface area contributed by atoms with Crippen molar-refractivity contribution in [3.05, 3.63) is 216 Å². The average molecular weight is 761 g/mol. The van der Waals surface area contributed by atoms with Crippen molar-refractivity contribution in [3.63, 3.8) is 0 Å². The number of benzene rings is 8. The summed E-state index contributed by atoms with van der Waals surface area (Å²) in [5.74, 6) is 3.37. The van der Waals surface area contributed by atoms with Gasteiger partial charge >= 0.3 is 0 Å². The van der Waals surface area contributed by atoms with Crippen molar-refractivity contribution in [2.75, 3.05) is 0 Å². The van der Waals surface area contributed by atoms with Gasteiger partial charge in [-0.05, 0) is 70.3 Å². The fourth-order valence-corrected chi connectivity index (χ4v) is 10.2. The maximum atomic E-state index is 7.04. The van der Waals surface area contributed by atoms with Crippen LogP contribution in [-0.4, -0.2) is 9.97 Å². The third-order valence-corrected chi connectivity index (χ3v) is 12.8. The highest BCUT2D eigenvalue weighted by Gasteiger charge is 2.48. The summed E-state index contributed by atoms with van der Waals surface area (Å²) in [5, 5.41) is 2.54. The predicted octanol–water partition coefficient (Wildman–Crippen LogP) is 14.1. The molecule has 0 amide bonds. The molecule has 58 heavy (non-hydrogen) atoms. The monoisotopic (exact) mass is 760 g/mol. The van der Waals surface area contributed by atoms with E-state index in [1.807, 2.05) is 35.6 Å². The van der Waals surface area contributed by atoms with Crippen LogP contribution in [0.2, 0.25) is 0 Å². The van der Waals surface area contributed by atoms with Crippen LogP contribution in [0.5, 0.6) is 23.0 Å². The van der Waals surface area contributed by atoms with Crippen LogP contribution >= 0.6 is 11.3 Å². The molecule has 0 spiro atoms. The highest BCUT2D eigenvalue weighted by Crippen LogP contribution is 2.62. The Morgan fingerprint density at radius 3 is 1.81 bits per heavy atom. The van der Waals surface area contributed by atoms with Crippen LogP contribution in [0.25, 0.3) is 65.2 Å². The van der Waals surface area contributed by atoms with Crippen LogP contribution in [0.3, 0.4) is 0 Å². The van der Waals surface area contributed by atoms with Crippen molar-refractivity contribution in [2.24, 2.45) is 0 Å². The fraction of sp³-hybridized carbons (Fsp3) is 0.0189. The SMILES string of the molecule is c1ccc(-c2nc(-c3ccc4c(c3)Oc3c(ccc5c3-c3ccccc3C5(c3ccccc3)c3ccccc3)O4)cc(-c3ccc4c(c3)sc3ccccc34)n2)cc1. The Labute approximate surface area is 339 Å². The number of nitrogens with zero attached hydrogens (tertiary/aromatic N) is 2. The average Bonchev–Trinajstić information content (AvgIpc) is 3.82. The Hall–Kier alpha value is -7.34. The molecular formula is C53H32N2O2S. The van der Waals surface area contributed by atoms with E-state index >= 15 is 0 Å². The van der Waals surface area contributed by atoms with E-state index in [0.29, 0.717) is 28.8 Å². The molecule has 1 aliphatic carbocycles. The van der Waals surface area contributed by atoms with Gasteiger partial charge < -0.3 is 9.47 Å². The van der Waals surface area contributed by atoms with Crippen molar-refractivity contribution >= 4 is 31.5 Å². The van der Waals surface area contributed by atoms with Crippen molar-refractivity contribution in [1.29, 1.82) is 0 Å². The predicted molar refractivity (Wildman–Crippen MR) is 235 cm³/mol. The molecule has 12 rings (SSSR count). The van der Waals surface area contributed by atoms with Crippen LogP contribution in [-0.2, 0) is 5.41 Å². The normalized spacial score (nSPS) is 13.2. The molecule has 272 valence electrons. The topological polar surface area (TPSA) is 44.2 Å². The van der Waals surface area contributed by atoms with Crippen LogP contribution < -0.4 is 9.47 Å². The largest absolute Gasteiger partial charge is 0.449 e. The second-order valence-electron chi connectivity index (χ2n) is 14.8. The van der Waals surface area contributed by atoms with E-state index in [-0.39, 0.29) is 0 Å². The number of fused-ring (bicyclic) bond motifs is 9. The summed E-state index contributed by atoms with van der Waals surface area (Å²) in [7, 11) is 0. The zero-order valence-electron chi connectivity index (χ0n) is 31.1. The van der Waals surface area contributed by atoms with Crippen LogP contribution in [0.4, 0.5) is 0 Å². The highest BCUT2D eigenvalue weighted by atomic mass is 32.1. The van der Waals surface area contributed by atoms with Crippen molar-refractivity contribution in [3.8, 4) is 68.0 Å². The summed E-state index contributed by atoms with van der Waals surface area (Å²) in [6, 6.07) is 68.2. The first kappa shape index (κ1) is 32.9. The molecule has 0 unspecified atom stereocenters. The van der Waals surface area contributed by atoms with Crippen LogP contribution in [0.1, 0.15) is 22.3 Å². The summed E-state index contributed by atoms with van der Waals surface area (Å²) in [4.78, 5) is 10.3. The molecule has 0 saturated carbocycles. The number of aromatic nitrogens is 2. The first-order valence-electron chi connectivity index (χ1n) is 19.5. The number of rotatable bonds is 5. The molecule has 0 radical (unpaired) electrons. The van der Waals surface area contributed by atoms with Gasteiger partial charge in [0.15, 0.2) is 28.8 Å². The summed E-state index contributed by atoms with van der Waals surface area (Å²) in [6.07, 6.45) is 0. The molecular weight excluding hydrogens is 729 g/mol. The second-order valence-corrected chi connectivity index (χ2v) is 15.9. The van der Waals surface area contributed by atoms with E-state index < -0.39 is 5.41 Å². The number of hydrogen-bond donors (Lipinski definition) is 0. The molecule has 10 aromatic rings. The minimum absolute atomic E-state index is 0.543. The van der Waals surface area contributed by atoms with Gasteiger partial charge in [-0.25, -0.2) is 9.97 Å². The van der Waals surface area contributed by atoms with E-state index in [1.54, 1.807) is 0 Å². The quantitative estimate of drug-likeness (QED) is 0.175. The fourth-order valence-electron chi connectivity index (χ4n) is 9.07. The minimum Gasteiger partial charge on any atom is -0.449 e.